The molecule has 112 valence electrons. The number of hydrogen-bond acceptors (Lipinski definition) is 3. The minimum Gasteiger partial charge on any atom is -0.364 e. The Morgan fingerprint density at radius 2 is 1.20 bits per heavy atom. The van der Waals surface area contributed by atoms with Gasteiger partial charge in [-0.1, -0.05) is 0 Å². The van der Waals surface area contributed by atoms with Gasteiger partial charge in [0.15, 0.2) is 23.3 Å². The Kier molecular flexibility index (Phi) is 4.44. The first kappa shape index (κ1) is 15.0. The number of anilines is 1. The van der Waals surface area contributed by atoms with Crippen LogP contribution in [0.4, 0.5) is 27.6 Å². The maximum Gasteiger partial charge on any atom is 0.200 e. The monoisotopic (exact) mass is 295 g/mol. The van der Waals surface area contributed by atoms with Crippen molar-refractivity contribution < 1.29 is 22.0 Å². The second kappa shape index (κ2) is 5.92. The number of nitrogens with two attached hydrogens (primary N) is 1. The first-order chi connectivity index (χ1) is 9.47. The molecule has 1 aromatic rings. The first-order valence-electron chi connectivity index (χ1n) is 6.16. The molecular formula is C12H14F5N3. The van der Waals surface area contributed by atoms with Crippen LogP contribution in [0.3, 0.4) is 0 Å². The number of nitrogens with zero attached hydrogens (tertiary/aromatic N) is 2. The largest absolute Gasteiger partial charge is 0.364 e. The molecule has 0 radical (unpaired) electrons. The van der Waals surface area contributed by atoms with Gasteiger partial charge in [-0.2, -0.15) is 0 Å². The first-order valence-corrected chi connectivity index (χ1v) is 6.16. The number of rotatable bonds is 3. The Hall–Kier alpha value is -1.41. The Balaban J connectivity index is 2.26. The van der Waals surface area contributed by atoms with Crippen LogP contribution in [0.1, 0.15) is 0 Å². The quantitative estimate of drug-likeness (QED) is 0.520. The summed E-state index contributed by atoms with van der Waals surface area (Å²) in [5.41, 5.74) is 4.54. The van der Waals surface area contributed by atoms with Gasteiger partial charge in [0.05, 0.1) is 0 Å². The lowest BCUT2D eigenvalue weighted by atomic mass is 10.2. The van der Waals surface area contributed by atoms with E-state index in [9.17, 15) is 22.0 Å². The molecular weight excluding hydrogens is 281 g/mol. The third-order valence-corrected chi connectivity index (χ3v) is 3.32. The van der Waals surface area contributed by atoms with E-state index in [1.165, 1.54) is 4.90 Å². The molecule has 8 heteroatoms. The fourth-order valence-electron chi connectivity index (χ4n) is 2.25. The zero-order valence-corrected chi connectivity index (χ0v) is 10.6. The van der Waals surface area contributed by atoms with Crippen LogP contribution in [-0.2, 0) is 0 Å². The molecule has 3 nitrogen and oxygen atoms in total. The van der Waals surface area contributed by atoms with E-state index < -0.39 is 34.8 Å². The summed E-state index contributed by atoms with van der Waals surface area (Å²) in [5.74, 6) is -9.53. The number of halogens is 5. The van der Waals surface area contributed by atoms with Gasteiger partial charge in [-0.05, 0) is 0 Å². The van der Waals surface area contributed by atoms with Gasteiger partial charge in [0.25, 0.3) is 0 Å². The lowest BCUT2D eigenvalue weighted by Gasteiger charge is -2.36. The summed E-state index contributed by atoms with van der Waals surface area (Å²) in [6.07, 6.45) is 0. The molecule has 2 N–H and O–H groups in total. The van der Waals surface area contributed by atoms with E-state index in [2.05, 4.69) is 0 Å². The highest BCUT2D eigenvalue weighted by Crippen LogP contribution is 2.30. The molecule has 2 rings (SSSR count). The van der Waals surface area contributed by atoms with Crippen LogP contribution >= 0.6 is 0 Å². The Morgan fingerprint density at radius 3 is 1.65 bits per heavy atom. The maximum absolute atomic E-state index is 13.6. The third kappa shape index (κ3) is 2.57. The van der Waals surface area contributed by atoms with Crippen molar-refractivity contribution in [2.75, 3.05) is 44.2 Å². The lowest BCUT2D eigenvalue weighted by molar-refractivity contribution is 0.262. The maximum atomic E-state index is 13.6. The normalized spacial score (nSPS) is 16.8. The van der Waals surface area contributed by atoms with Gasteiger partial charge in [-0.15, -0.1) is 0 Å². The van der Waals surface area contributed by atoms with Gasteiger partial charge in [-0.25, -0.2) is 22.0 Å². The number of piperazine rings is 1. The topological polar surface area (TPSA) is 32.5 Å². The molecule has 0 atom stereocenters. The molecule has 20 heavy (non-hydrogen) atoms. The highest BCUT2D eigenvalue weighted by atomic mass is 19.2. The molecule has 1 fully saturated rings. The van der Waals surface area contributed by atoms with Crippen molar-refractivity contribution in [1.29, 1.82) is 0 Å². The van der Waals surface area contributed by atoms with Crippen LogP contribution in [0.5, 0.6) is 0 Å². The summed E-state index contributed by atoms with van der Waals surface area (Å²) in [6, 6.07) is 0. The molecule has 0 unspecified atom stereocenters. The lowest BCUT2D eigenvalue weighted by Crippen LogP contribution is -2.48. The SMILES string of the molecule is NCCN1CCN(c2c(F)c(F)c(F)c(F)c2F)CC1. The standard InChI is InChI=1S/C12H14F5N3/c13-7-8(14)10(16)12(11(17)9(7)15)20-5-3-19(2-1-18)4-6-20/h1-6,18H2. The molecule has 0 spiro atoms. The van der Waals surface area contributed by atoms with Crippen LogP contribution < -0.4 is 10.6 Å². The average molecular weight is 295 g/mol. The van der Waals surface area contributed by atoms with E-state index >= 15 is 0 Å². The molecule has 0 aromatic heterocycles. The molecule has 0 aliphatic carbocycles. The van der Waals surface area contributed by atoms with Gasteiger partial charge in [0, 0.05) is 39.3 Å². The van der Waals surface area contributed by atoms with E-state index in [0.29, 0.717) is 26.2 Å². The molecule has 0 saturated carbocycles. The summed E-state index contributed by atoms with van der Waals surface area (Å²) >= 11 is 0. The molecule has 1 heterocycles. The van der Waals surface area contributed by atoms with Crippen LogP contribution in [-0.4, -0.2) is 44.2 Å². The van der Waals surface area contributed by atoms with Gasteiger partial charge in [-0.3, -0.25) is 4.90 Å². The minimum atomic E-state index is -2.13. The van der Waals surface area contributed by atoms with Crippen molar-refractivity contribution in [3.8, 4) is 0 Å². The van der Waals surface area contributed by atoms with Crippen LogP contribution in [0.25, 0.3) is 0 Å². The van der Waals surface area contributed by atoms with Crippen LogP contribution in [0.2, 0.25) is 0 Å². The fraction of sp³-hybridized carbons (Fsp3) is 0.500. The van der Waals surface area contributed by atoms with Crippen molar-refractivity contribution in [3.05, 3.63) is 29.1 Å². The van der Waals surface area contributed by atoms with E-state index in [1.807, 2.05) is 4.90 Å². The van der Waals surface area contributed by atoms with Gasteiger partial charge < -0.3 is 10.6 Å². The van der Waals surface area contributed by atoms with Crippen molar-refractivity contribution in [1.82, 2.24) is 4.90 Å². The predicted octanol–water partition coefficient (Wildman–Crippen LogP) is 1.46. The van der Waals surface area contributed by atoms with E-state index in [-0.39, 0.29) is 13.1 Å². The zero-order valence-electron chi connectivity index (χ0n) is 10.6. The Morgan fingerprint density at radius 1 is 0.750 bits per heavy atom. The average Bonchev–Trinajstić information content (AvgIpc) is 2.45. The Bertz CT molecular complexity index is 471. The van der Waals surface area contributed by atoms with Gasteiger partial charge >= 0.3 is 0 Å². The second-order valence-corrected chi connectivity index (χ2v) is 4.54. The summed E-state index contributed by atoms with van der Waals surface area (Å²) in [6.45, 7) is 2.34. The third-order valence-electron chi connectivity index (χ3n) is 3.32. The molecule has 0 amide bonds. The smallest absolute Gasteiger partial charge is 0.200 e. The second-order valence-electron chi connectivity index (χ2n) is 4.54. The van der Waals surface area contributed by atoms with Gasteiger partial charge in [0.1, 0.15) is 5.69 Å². The number of benzene rings is 1. The van der Waals surface area contributed by atoms with Crippen LogP contribution in [0, 0.1) is 29.1 Å². The van der Waals surface area contributed by atoms with Crippen molar-refractivity contribution >= 4 is 5.69 Å². The van der Waals surface area contributed by atoms with Crippen molar-refractivity contribution in [3.63, 3.8) is 0 Å². The van der Waals surface area contributed by atoms with Gasteiger partial charge in [0.2, 0.25) is 5.82 Å². The zero-order chi connectivity index (χ0) is 14.9. The highest BCUT2D eigenvalue weighted by Gasteiger charge is 2.30. The van der Waals surface area contributed by atoms with E-state index in [0.717, 1.165) is 0 Å². The predicted molar refractivity (Wildman–Crippen MR) is 63.9 cm³/mol. The summed E-state index contributed by atoms with van der Waals surface area (Å²) < 4.78 is 66.5. The van der Waals surface area contributed by atoms with E-state index in [1.54, 1.807) is 0 Å². The molecule has 1 aliphatic rings. The van der Waals surface area contributed by atoms with E-state index in [4.69, 9.17) is 5.73 Å². The summed E-state index contributed by atoms with van der Waals surface area (Å²) in [5, 5.41) is 0. The molecule has 1 aliphatic heterocycles. The van der Waals surface area contributed by atoms with Crippen molar-refractivity contribution in [2.45, 2.75) is 0 Å². The fourth-order valence-corrected chi connectivity index (χ4v) is 2.25. The summed E-state index contributed by atoms with van der Waals surface area (Å²) in [4.78, 5) is 3.13. The highest BCUT2D eigenvalue weighted by molar-refractivity contribution is 5.51. The Labute approximate surface area is 112 Å². The number of hydrogen-bond donors (Lipinski definition) is 1. The summed E-state index contributed by atoms with van der Waals surface area (Å²) in [7, 11) is 0. The van der Waals surface area contributed by atoms with Crippen molar-refractivity contribution in [2.24, 2.45) is 5.73 Å². The van der Waals surface area contributed by atoms with Crippen LogP contribution in [0.15, 0.2) is 0 Å². The molecule has 1 aromatic carbocycles. The molecule has 0 bridgehead atoms. The minimum absolute atomic E-state index is 0.179. The molecule has 1 saturated heterocycles.